The van der Waals surface area contributed by atoms with Crippen LogP contribution < -0.4 is 5.32 Å². The summed E-state index contributed by atoms with van der Waals surface area (Å²) in [4.78, 5) is 2.57. The van der Waals surface area contributed by atoms with E-state index in [1.807, 2.05) is 17.8 Å². The third kappa shape index (κ3) is 4.37. The van der Waals surface area contributed by atoms with Crippen LogP contribution in [0.3, 0.4) is 0 Å². The average Bonchev–Trinajstić information content (AvgIpc) is 2.44. The molecule has 0 atom stereocenters. The lowest BCUT2D eigenvalue weighted by Gasteiger charge is -2.10. The van der Waals surface area contributed by atoms with E-state index >= 15 is 0 Å². The SMILES string of the molecule is CCCNCc1ccc(Sc2ccccc2Br)c(C)c1. The quantitative estimate of drug-likeness (QED) is 0.699. The predicted octanol–water partition coefficient (Wildman–Crippen LogP) is 5.41. The van der Waals surface area contributed by atoms with Crippen LogP contribution in [-0.2, 0) is 6.54 Å². The molecule has 0 bridgehead atoms. The lowest BCUT2D eigenvalue weighted by Crippen LogP contribution is -2.13. The van der Waals surface area contributed by atoms with Gasteiger partial charge in [-0.15, -0.1) is 0 Å². The fourth-order valence-corrected chi connectivity index (χ4v) is 3.42. The summed E-state index contributed by atoms with van der Waals surface area (Å²) < 4.78 is 1.15. The fraction of sp³-hybridized carbons (Fsp3) is 0.294. The van der Waals surface area contributed by atoms with Gasteiger partial charge in [0.25, 0.3) is 0 Å². The number of nitrogens with one attached hydrogen (secondary N) is 1. The first-order valence-electron chi connectivity index (χ1n) is 6.93. The maximum Gasteiger partial charge on any atom is 0.0314 e. The first-order valence-corrected chi connectivity index (χ1v) is 8.54. The summed E-state index contributed by atoms with van der Waals surface area (Å²) in [5, 5.41) is 3.44. The second-order valence-electron chi connectivity index (χ2n) is 4.81. The Kier molecular flexibility index (Phi) is 6.14. The second kappa shape index (κ2) is 7.87. The number of hydrogen-bond acceptors (Lipinski definition) is 2. The Morgan fingerprint density at radius 3 is 2.60 bits per heavy atom. The molecule has 0 aliphatic heterocycles. The maximum atomic E-state index is 3.60. The number of aryl methyl sites for hydroxylation is 1. The van der Waals surface area contributed by atoms with E-state index in [0.29, 0.717) is 0 Å². The van der Waals surface area contributed by atoms with Crippen molar-refractivity contribution in [2.45, 2.75) is 36.6 Å². The molecule has 0 aliphatic carbocycles. The van der Waals surface area contributed by atoms with Gasteiger partial charge in [-0.05, 0) is 65.1 Å². The maximum absolute atomic E-state index is 3.60. The Morgan fingerprint density at radius 2 is 1.90 bits per heavy atom. The predicted molar refractivity (Wildman–Crippen MR) is 91.4 cm³/mol. The van der Waals surface area contributed by atoms with Crippen molar-refractivity contribution in [1.29, 1.82) is 0 Å². The van der Waals surface area contributed by atoms with Crippen LogP contribution in [0.5, 0.6) is 0 Å². The number of rotatable bonds is 6. The van der Waals surface area contributed by atoms with Crippen LogP contribution in [0.2, 0.25) is 0 Å². The molecule has 2 aromatic carbocycles. The van der Waals surface area contributed by atoms with Gasteiger partial charge >= 0.3 is 0 Å². The molecule has 2 aromatic rings. The van der Waals surface area contributed by atoms with Gasteiger partial charge < -0.3 is 5.32 Å². The Hall–Kier alpha value is -0.770. The minimum Gasteiger partial charge on any atom is -0.313 e. The van der Waals surface area contributed by atoms with Gasteiger partial charge in [0.1, 0.15) is 0 Å². The van der Waals surface area contributed by atoms with Gasteiger partial charge in [0.15, 0.2) is 0 Å². The second-order valence-corrected chi connectivity index (χ2v) is 6.75. The molecule has 0 saturated heterocycles. The van der Waals surface area contributed by atoms with Crippen LogP contribution >= 0.6 is 27.7 Å². The van der Waals surface area contributed by atoms with E-state index in [1.165, 1.54) is 27.3 Å². The van der Waals surface area contributed by atoms with E-state index in [9.17, 15) is 0 Å². The molecular weight excluding hydrogens is 330 g/mol. The van der Waals surface area contributed by atoms with Crippen LogP contribution in [0.1, 0.15) is 24.5 Å². The van der Waals surface area contributed by atoms with Crippen LogP contribution in [0.4, 0.5) is 0 Å². The highest BCUT2D eigenvalue weighted by atomic mass is 79.9. The van der Waals surface area contributed by atoms with Crippen molar-refractivity contribution < 1.29 is 0 Å². The zero-order valence-electron chi connectivity index (χ0n) is 11.9. The van der Waals surface area contributed by atoms with Crippen molar-refractivity contribution in [3.05, 3.63) is 58.1 Å². The molecule has 0 spiro atoms. The van der Waals surface area contributed by atoms with Gasteiger partial charge in [-0.25, -0.2) is 0 Å². The summed E-state index contributed by atoms with van der Waals surface area (Å²) in [5.74, 6) is 0. The Labute approximate surface area is 134 Å². The minimum atomic E-state index is 0.953. The van der Waals surface area contributed by atoms with Gasteiger partial charge in [-0.3, -0.25) is 0 Å². The molecule has 0 radical (unpaired) electrons. The summed E-state index contributed by atoms with van der Waals surface area (Å²) in [6.07, 6.45) is 1.18. The van der Waals surface area contributed by atoms with E-state index in [2.05, 4.69) is 71.5 Å². The van der Waals surface area contributed by atoms with Crippen molar-refractivity contribution in [3.8, 4) is 0 Å². The molecule has 0 unspecified atom stereocenters. The fourth-order valence-electron chi connectivity index (χ4n) is 1.99. The highest BCUT2D eigenvalue weighted by molar-refractivity contribution is 9.10. The van der Waals surface area contributed by atoms with Gasteiger partial charge in [-0.1, -0.05) is 43.0 Å². The van der Waals surface area contributed by atoms with Crippen molar-refractivity contribution >= 4 is 27.7 Å². The molecule has 0 aromatic heterocycles. The first-order chi connectivity index (χ1) is 9.70. The molecule has 0 heterocycles. The van der Waals surface area contributed by atoms with Gasteiger partial charge in [0.2, 0.25) is 0 Å². The Morgan fingerprint density at radius 1 is 1.10 bits per heavy atom. The topological polar surface area (TPSA) is 12.0 Å². The monoisotopic (exact) mass is 349 g/mol. The standard InChI is InChI=1S/C17H20BrNS/c1-3-10-19-12-14-8-9-16(13(2)11-14)20-17-7-5-4-6-15(17)18/h4-9,11,19H,3,10,12H2,1-2H3. The lowest BCUT2D eigenvalue weighted by molar-refractivity contribution is 0.675. The van der Waals surface area contributed by atoms with E-state index in [4.69, 9.17) is 0 Å². The van der Waals surface area contributed by atoms with Crippen LogP contribution in [0.25, 0.3) is 0 Å². The number of hydrogen-bond donors (Lipinski definition) is 1. The molecule has 20 heavy (non-hydrogen) atoms. The summed E-state index contributed by atoms with van der Waals surface area (Å²) in [6.45, 7) is 6.40. The number of halogens is 1. The first kappa shape index (κ1) is 15.6. The van der Waals surface area contributed by atoms with Crippen molar-refractivity contribution in [2.75, 3.05) is 6.54 Å². The Balaban J connectivity index is 2.08. The molecule has 2 rings (SSSR count). The summed E-state index contributed by atoms with van der Waals surface area (Å²) in [6, 6.07) is 15.1. The van der Waals surface area contributed by atoms with E-state index in [0.717, 1.165) is 17.6 Å². The third-order valence-corrected chi connectivity index (χ3v) is 5.26. The highest BCUT2D eigenvalue weighted by Crippen LogP contribution is 2.35. The van der Waals surface area contributed by atoms with Gasteiger partial charge in [-0.2, -0.15) is 0 Å². The van der Waals surface area contributed by atoms with E-state index in [1.54, 1.807) is 0 Å². The lowest BCUT2D eigenvalue weighted by atomic mass is 10.1. The summed E-state index contributed by atoms with van der Waals surface area (Å²) in [7, 11) is 0. The van der Waals surface area contributed by atoms with Crippen LogP contribution in [0.15, 0.2) is 56.7 Å². The van der Waals surface area contributed by atoms with Crippen molar-refractivity contribution in [1.82, 2.24) is 5.32 Å². The highest BCUT2D eigenvalue weighted by Gasteiger charge is 2.05. The average molecular weight is 350 g/mol. The smallest absolute Gasteiger partial charge is 0.0314 e. The van der Waals surface area contributed by atoms with Gasteiger partial charge in [0, 0.05) is 20.8 Å². The van der Waals surface area contributed by atoms with Gasteiger partial charge in [0.05, 0.1) is 0 Å². The molecule has 1 N–H and O–H groups in total. The summed E-state index contributed by atoms with van der Waals surface area (Å²) in [5.41, 5.74) is 2.69. The zero-order valence-corrected chi connectivity index (χ0v) is 14.4. The third-order valence-electron chi connectivity index (χ3n) is 3.05. The molecule has 0 aliphatic rings. The minimum absolute atomic E-state index is 0.953. The molecule has 1 nitrogen and oxygen atoms in total. The van der Waals surface area contributed by atoms with Crippen LogP contribution in [-0.4, -0.2) is 6.54 Å². The van der Waals surface area contributed by atoms with Crippen molar-refractivity contribution in [2.24, 2.45) is 0 Å². The largest absolute Gasteiger partial charge is 0.313 e. The molecule has 106 valence electrons. The number of benzene rings is 2. The molecule has 3 heteroatoms. The van der Waals surface area contributed by atoms with E-state index < -0.39 is 0 Å². The van der Waals surface area contributed by atoms with Crippen LogP contribution in [0, 0.1) is 6.92 Å². The Bertz CT molecular complexity index is 569. The zero-order chi connectivity index (χ0) is 14.4. The molecule has 0 saturated carbocycles. The summed E-state index contributed by atoms with van der Waals surface area (Å²) >= 11 is 5.41. The molecule has 0 fully saturated rings. The molecular formula is C17H20BrNS. The van der Waals surface area contributed by atoms with Crippen molar-refractivity contribution in [3.63, 3.8) is 0 Å². The van der Waals surface area contributed by atoms with E-state index in [-0.39, 0.29) is 0 Å². The molecule has 0 amide bonds. The normalized spacial score (nSPS) is 10.8.